The summed E-state index contributed by atoms with van der Waals surface area (Å²) >= 11 is 3.04. The molecule has 0 radical (unpaired) electrons. The van der Waals surface area contributed by atoms with Gasteiger partial charge in [0.05, 0.1) is 40.2 Å². The van der Waals surface area contributed by atoms with E-state index in [9.17, 15) is 4.79 Å². The lowest BCUT2D eigenvalue weighted by molar-refractivity contribution is -0.117. The van der Waals surface area contributed by atoms with Gasteiger partial charge >= 0.3 is 0 Å². The molecular formula is C28H25N3O2S2. The lowest BCUT2D eigenvalue weighted by Gasteiger charge is -2.21. The third-order valence-electron chi connectivity index (χ3n) is 5.49. The fourth-order valence-corrected chi connectivity index (χ4v) is 5.92. The highest BCUT2D eigenvalue weighted by Crippen LogP contribution is 2.36. The number of para-hydroxylation sites is 2. The van der Waals surface area contributed by atoms with Crippen molar-refractivity contribution in [1.29, 1.82) is 0 Å². The molecule has 0 spiro atoms. The predicted octanol–water partition coefficient (Wildman–Crippen LogP) is 7.34. The number of carbonyl (C=O) groups is 1. The first-order valence-electron chi connectivity index (χ1n) is 11.4. The molecule has 2 aromatic heterocycles. The van der Waals surface area contributed by atoms with Crippen molar-refractivity contribution in [1.82, 2.24) is 9.97 Å². The summed E-state index contributed by atoms with van der Waals surface area (Å²) in [7, 11) is 0. The number of hydrogen-bond acceptors (Lipinski definition) is 6. The number of carbonyl (C=O) groups excluding carboxylic acids is 1. The second-order valence-corrected chi connectivity index (χ2v) is 10.2. The van der Waals surface area contributed by atoms with Gasteiger partial charge in [0.1, 0.15) is 10.8 Å². The molecule has 35 heavy (non-hydrogen) atoms. The summed E-state index contributed by atoms with van der Waals surface area (Å²) in [4.78, 5) is 25.1. The molecule has 0 fully saturated rings. The van der Waals surface area contributed by atoms with Crippen LogP contribution in [0.3, 0.4) is 0 Å². The second kappa shape index (κ2) is 9.98. The van der Waals surface area contributed by atoms with Gasteiger partial charge in [-0.2, -0.15) is 0 Å². The summed E-state index contributed by atoms with van der Waals surface area (Å²) in [5, 5.41) is 3.46. The second-order valence-electron chi connectivity index (χ2n) is 8.29. The summed E-state index contributed by atoms with van der Waals surface area (Å²) in [5.74, 6) is 0.734. The van der Waals surface area contributed by atoms with Gasteiger partial charge < -0.3 is 4.74 Å². The number of nitrogens with zero attached hydrogens (tertiary/aromatic N) is 3. The molecule has 0 saturated heterocycles. The van der Waals surface area contributed by atoms with Crippen molar-refractivity contribution in [2.45, 2.75) is 27.2 Å². The Labute approximate surface area is 212 Å². The van der Waals surface area contributed by atoms with E-state index in [0.717, 1.165) is 49.0 Å². The molecule has 1 amide bonds. The number of benzene rings is 3. The van der Waals surface area contributed by atoms with Gasteiger partial charge in [-0.15, -0.1) is 11.3 Å². The van der Waals surface area contributed by atoms with Gasteiger partial charge in [-0.25, -0.2) is 9.97 Å². The van der Waals surface area contributed by atoms with E-state index in [1.165, 1.54) is 22.7 Å². The molecule has 0 aliphatic carbocycles. The van der Waals surface area contributed by atoms with Crippen molar-refractivity contribution >= 4 is 49.6 Å². The Kier molecular flexibility index (Phi) is 6.61. The molecule has 5 aromatic rings. The normalized spacial score (nSPS) is 11.1. The van der Waals surface area contributed by atoms with E-state index in [-0.39, 0.29) is 12.3 Å². The molecule has 0 saturated carbocycles. The molecule has 0 bridgehead atoms. The van der Waals surface area contributed by atoms with Crippen LogP contribution in [-0.2, 0) is 11.2 Å². The zero-order valence-corrected chi connectivity index (χ0v) is 21.5. The minimum absolute atomic E-state index is 0.0657. The van der Waals surface area contributed by atoms with E-state index in [1.807, 2.05) is 86.8 Å². The minimum atomic E-state index is -0.0657. The smallest absolute Gasteiger partial charge is 0.239 e. The Bertz CT molecular complexity index is 1450. The van der Waals surface area contributed by atoms with Crippen molar-refractivity contribution in [2.24, 2.45) is 0 Å². The fraction of sp³-hybridized carbons (Fsp3) is 0.179. The Hall–Kier alpha value is -3.55. The van der Waals surface area contributed by atoms with Crippen molar-refractivity contribution in [3.63, 3.8) is 0 Å². The monoisotopic (exact) mass is 499 g/mol. The Morgan fingerprint density at radius 2 is 1.71 bits per heavy atom. The van der Waals surface area contributed by atoms with Crippen LogP contribution in [-0.4, -0.2) is 22.5 Å². The molecule has 0 aliphatic heterocycles. The third-order valence-corrected chi connectivity index (χ3v) is 7.44. The first-order chi connectivity index (χ1) is 17.0. The standard InChI is InChI=1S/C28H25N3O2S2/c1-4-33-24-11-7-5-9-22(24)27-29-20(17-34-27)16-26(32)31(21-14-18(2)13-19(3)15-21)28-30-23-10-6-8-12-25(23)35-28/h5-15,17H,4,16H2,1-3H3. The number of ether oxygens (including phenoxy) is 1. The highest BCUT2D eigenvalue weighted by Gasteiger charge is 2.24. The zero-order chi connectivity index (χ0) is 24.4. The van der Waals surface area contributed by atoms with Crippen LogP contribution >= 0.6 is 22.7 Å². The van der Waals surface area contributed by atoms with Crippen molar-refractivity contribution in [3.05, 3.63) is 88.9 Å². The lowest BCUT2D eigenvalue weighted by atomic mass is 10.1. The van der Waals surface area contributed by atoms with Crippen LogP contribution in [0, 0.1) is 13.8 Å². The molecule has 176 valence electrons. The molecule has 0 unspecified atom stereocenters. The van der Waals surface area contributed by atoms with Gasteiger partial charge in [0.25, 0.3) is 0 Å². The summed E-state index contributed by atoms with van der Waals surface area (Å²) in [6.07, 6.45) is 0.177. The molecule has 0 atom stereocenters. The molecule has 2 heterocycles. The number of rotatable bonds is 7. The number of aryl methyl sites for hydroxylation is 2. The SMILES string of the molecule is CCOc1ccccc1-c1nc(CC(=O)N(c2cc(C)cc(C)c2)c2nc3ccccc3s2)cs1. The Morgan fingerprint density at radius 3 is 2.49 bits per heavy atom. The van der Waals surface area contributed by atoms with Crippen LogP contribution in [0.25, 0.3) is 20.8 Å². The van der Waals surface area contributed by atoms with Crippen molar-refractivity contribution in [2.75, 3.05) is 11.5 Å². The highest BCUT2D eigenvalue weighted by atomic mass is 32.1. The molecular weight excluding hydrogens is 474 g/mol. The van der Waals surface area contributed by atoms with Crippen LogP contribution in [0.4, 0.5) is 10.8 Å². The maximum atomic E-state index is 13.8. The number of fused-ring (bicyclic) bond motifs is 1. The lowest BCUT2D eigenvalue weighted by Crippen LogP contribution is -2.27. The van der Waals surface area contributed by atoms with E-state index < -0.39 is 0 Å². The number of thiazole rings is 2. The summed E-state index contributed by atoms with van der Waals surface area (Å²) < 4.78 is 6.82. The number of amides is 1. The fourth-order valence-electron chi connectivity index (χ4n) is 4.07. The van der Waals surface area contributed by atoms with Gasteiger partial charge in [0.15, 0.2) is 5.13 Å². The predicted molar refractivity (Wildman–Crippen MR) is 145 cm³/mol. The number of aromatic nitrogens is 2. The highest BCUT2D eigenvalue weighted by molar-refractivity contribution is 7.22. The first-order valence-corrected chi connectivity index (χ1v) is 13.1. The molecule has 7 heteroatoms. The van der Waals surface area contributed by atoms with Gasteiger partial charge in [-0.3, -0.25) is 9.69 Å². The number of hydrogen-bond donors (Lipinski definition) is 0. The zero-order valence-electron chi connectivity index (χ0n) is 19.8. The van der Waals surface area contributed by atoms with E-state index in [1.54, 1.807) is 4.90 Å². The molecule has 0 N–H and O–H groups in total. The van der Waals surface area contributed by atoms with E-state index >= 15 is 0 Å². The van der Waals surface area contributed by atoms with Crippen LogP contribution in [0.2, 0.25) is 0 Å². The van der Waals surface area contributed by atoms with E-state index in [4.69, 9.17) is 14.7 Å². The average Bonchev–Trinajstić information content (AvgIpc) is 3.46. The van der Waals surface area contributed by atoms with Crippen LogP contribution in [0.1, 0.15) is 23.7 Å². The van der Waals surface area contributed by atoms with Gasteiger partial charge in [-0.05, 0) is 68.3 Å². The number of anilines is 2. The van der Waals surface area contributed by atoms with Crippen LogP contribution < -0.4 is 9.64 Å². The molecule has 3 aromatic carbocycles. The molecule has 0 aliphatic rings. The quantitative estimate of drug-likeness (QED) is 0.235. The average molecular weight is 500 g/mol. The Morgan fingerprint density at radius 1 is 0.971 bits per heavy atom. The largest absolute Gasteiger partial charge is 0.493 e. The van der Waals surface area contributed by atoms with Crippen LogP contribution in [0.5, 0.6) is 5.75 Å². The minimum Gasteiger partial charge on any atom is -0.493 e. The van der Waals surface area contributed by atoms with Gasteiger partial charge in [-0.1, -0.05) is 41.7 Å². The summed E-state index contributed by atoms with van der Waals surface area (Å²) in [6.45, 7) is 6.63. The summed E-state index contributed by atoms with van der Waals surface area (Å²) in [5.41, 5.74) is 5.58. The van der Waals surface area contributed by atoms with Gasteiger partial charge in [0, 0.05) is 5.38 Å². The molecule has 5 nitrogen and oxygen atoms in total. The van der Waals surface area contributed by atoms with Gasteiger partial charge in [0.2, 0.25) is 5.91 Å². The maximum Gasteiger partial charge on any atom is 0.239 e. The van der Waals surface area contributed by atoms with E-state index in [0.29, 0.717) is 11.7 Å². The van der Waals surface area contributed by atoms with Crippen molar-refractivity contribution < 1.29 is 9.53 Å². The maximum absolute atomic E-state index is 13.8. The van der Waals surface area contributed by atoms with Crippen molar-refractivity contribution in [3.8, 4) is 16.3 Å². The molecule has 5 rings (SSSR count). The summed E-state index contributed by atoms with van der Waals surface area (Å²) in [6, 6.07) is 22.0. The topological polar surface area (TPSA) is 55.3 Å². The third kappa shape index (κ3) is 4.97. The van der Waals surface area contributed by atoms with Crippen LogP contribution in [0.15, 0.2) is 72.1 Å². The Balaban J connectivity index is 1.49. The van der Waals surface area contributed by atoms with E-state index in [2.05, 4.69) is 6.07 Å². The first kappa shape index (κ1) is 23.2.